The summed E-state index contributed by atoms with van der Waals surface area (Å²) in [6, 6.07) is 11.9. The van der Waals surface area contributed by atoms with Crippen LogP contribution in [0.25, 0.3) is 16.9 Å². The Labute approximate surface area is 238 Å². The Morgan fingerprint density at radius 2 is 1.85 bits per heavy atom. The largest absolute Gasteiger partial charge is 0.382 e. The molecule has 13 nitrogen and oxygen atoms in total. The van der Waals surface area contributed by atoms with E-state index < -0.39 is 26.6 Å². The zero-order valence-corrected chi connectivity index (χ0v) is 24.2. The standard InChI is InChI=1S/C26H28N8O5S2/c1-17(2)32-23-11-24(34-25-20(14-31-34)10-19(12-27)13-30-25)29-15-22(23)26(35)28-9-8-18-4-6-21(7-5-18)33(16-40(36)37)41(3,38)39/h4-7,10-11,13-15,17,40H,8-9,16H2,1-3H3,(H,28,35)(H,29,32). The summed E-state index contributed by atoms with van der Waals surface area (Å²) in [6.45, 7) is 4.18. The molecular formula is C26H28N8O5S2. The zero-order valence-electron chi connectivity index (χ0n) is 22.5. The van der Waals surface area contributed by atoms with Crippen LogP contribution in [-0.2, 0) is 27.1 Å². The molecule has 15 heteroatoms. The first-order valence-corrected chi connectivity index (χ1v) is 15.6. The average molecular weight is 597 g/mol. The molecule has 1 amide bonds. The van der Waals surface area contributed by atoms with E-state index in [9.17, 15) is 21.6 Å². The third-order valence-electron chi connectivity index (χ3n) is 5.90. The lowest BCUT2D eigenvalue weighted by atomic mass is 10.1. The van der Waals surface area contributed by atoms with Crippen molar-refractivity contribution in [3.8, 4) is 11.9 Å². The summed E-state index contributed by atoms with van der Waals surface area (Å²) < 4.78 is 48.5. The fourth-order valence-electron chi connectivity index (χ4n) is 4.05. The maximum Gasteiger partial charge on any atom is 0.254 e. The SMILES string of the molecule is CC(C)Nc1cc(-n2ncc3cc(C#N)cnc32)ncc1C(=O)NCCc1ccc(N(C[SH](=O)=O)S(C)(=O)=O)cc1. The molecule has 0 saturated carbocycles. The lowest BCUT2D eigenvalue weighted by molar-refractivity contribution is 0.0954. The summed E-state index contributed by atoms with van der Waals surface area (Å²) in [7, 11) is -6.70. The number of thiol groups is 1. The van der Waals surface area contributed by atoms with Gasteiger partial charge in [-0.25, -0.2) is 26.8 Å². The quantitative estimate of drug-likeness (QED) is 0.216. The molecule has 0 fully saturated rings. The summed E-state index contributed by atoms with van der Waals surface area (Å²) in [5, 5.41) is 20.3. The van der Waals surface area contributed by atoms with E-state index in [0.29, 0.717) is 40.1 Å². The number of anilines is 2. The second-order valence-electron chi connectivity index (χ2n) is 9.45. The first kappa shape index (κ1) is 29.4. The highest BCUT2D eigenvalue weighted by Crippen LogP contribution is 2.23. The maximum atomic E-state index is 13.1. The molecule has 1 aromatic carbocycles. The van der Waals surface area contributed by atoms with Gasteiger partial charge in [-0.15, -0.1) is 0 Å². The van der Waals surface area contributed by atoms with Crippen LogP contribution in [0.3, 0.4) is 0 Å². The van der Waals surface area contributed by atoms with Crippen molar-refractivity contribution in [2.45, 2.75) is 26.3 Å². The van der Waals surface area contributed by atoms with Crippen molar-refractivity contribution >= 4 is 49.0 Å². The number of benzene rings is 1. The predicted octanol–water partition coefficient (Wildman–Crippen LogP) is 1.81. The molecule has 4 rings (SSSR count). The molecule has 0 bridgehead atoms. The normalized spacial score (nSPS) is 11.5. The first-order chi connectivity index (χ1) is 19.5. The number of hydrogen-bond acceptors (Lipinski definition) is 10. The number of pyridine rings is 2. The molecule has 0 aliphatic carbocycles. The molecule has 0 aliphatic heterocycles. The number of carbonyl (C=O) groups is 1. The molecule has 4 aromatic rings. The van der Waals surface area contributed by atoms with Crippen LogP contribution >= 0.6 is 0 Å². The van der Waals surface area contributed by atoms with E-state index in [0.717, 1.165) is 16.1 Å². The highest BCUT2D eigenvalue weighted by molar-refractivity contribution is 7.92. The van der Waals surface area contributed by atoms with Crippen molar-refractivity contribution in [3.63, 3.8) is 0 Å². The predicted molar refractivity (Wildman–Crippen MR) is 155 cm³/mol. The highest BCUT2D eigenvalue weighted by Gasteiger charge is 2.19. The second-order valence-corrected chi connectivity index (χ2v) is 12.3. The van der Waals surface area contributed by atoms with Gasteiger partial charge in [0.2, 0.25) is 10.0 Å². The number of nitrogens with one attached hydrogen (secondary N) is 2. The van der Waals surface area contributed by atoms with E-state index in [1.54, 1.807) is 30.5 Å². The Morgan fingerprint density at radius 3 is 2.49 bits per heavy atom. The number of nitrogens with zero attached hydrogens (tertiary/aromatic N) is 6. The summed E-state index contributed by atoms with van der Waals surface area (Å²) >= 11 is 0. The summed E-state index contributed by atoms with van der Waals surface area (Å²) in [5.41, 5.74) is 2.90. The van der Waals surface area contributed by atoms with Gasteiger partial charge in [0.05, 0.1) is 35.0 Å². The molecule has 0 aliphatic rings. The number of fused-ring (bicyclic) bond motifs is 1. The Balaban J connectivity index is 1.48. The topological polar surface area (TPSA) is 180 Å². The van der Waals surface area contributed by atoms with Crippen molar-refractivity contribution < 1.29 is 21.6 Å². The van der Waals surface area contributed by atoms with Crippen molar-refractivity contribution in [3.05, 3.63) is 71.7 Å². The van der Waals surface area contributed by atoms with Crippen LogP contribution in [0.5, 0.6) is 0 Å². The number of aromatic nitrogens is 4. The van der Waals surface area contributed by atoms with Crippen LogP contribution in [0.4, 0.5) is 11.4 Å². The van der Waals surface area contributed by atoms with E-state index in [4.69, 9.17) is 5.26 Å². The molecule has 0 radical (unpaired) electrons. The molecule has 0 spiro atoms. The number of carbonyl (C=O) groups excluding carboxylic acids is 1. The van der Waals surface area contributed by atoms with Crippen molar-refractivity contribution in [2.75, 3.05) is 28.3 Å². The molecule has 2 N–H and O–H groups in total. The van der Waals surface area contributed by atoms with E-state index >= 15 is 0 Å². The van der Waals surface area contributed by atoms with Gasteiger partial charge in [-0.2, -0.15) is 15.0 Å². The van der Waals surface area contributed by atoms with Crippen LogP contribution in [0.1, 0.15) is 35.3 Å². The molecule has 3 aromatic heterocycles. The number of amides is 1. The Hall–Kier alpha value is -4.55. The minimum atomic E-state index is -3.77. The number of sulfonamides is 1. The van der Waals surface area contributed by atoms with Gasteiger partial charge in [0.15, 0.2) is 22.2 Å². The number of rotatable bonds is 11. The van der Waals surface area contributed by atoms with Gasteiger partial charge in [0, 0.05) is 36.4 Å². The molecule has 3 heterocycles. The molecular weight excluding hydrogens is 568 g/mol. The van der Waals surface area contributed by atoms with E-state index in [-0.39, 0.29) is 24.2 Å². The van der Waals surface area contributed by atoms with Gasteiger partial charge in [-0.3, -0.25) is 9.10 Å². The minimum absolute atomic E-state index is 0.0206. The Bertz CT molecular complexity index is 1800. The minimum Gasteiger partial charge on any atom is -0.382 e. The Kier molecular flexibility index (Phi) is 8.84. The molecule has 0 saturated heterocycles. The summed E-state index contributed by atoms with van der Waals surface area (Å²) in [5.74, 6) is -0.534. The molecule has 0 atom stereocenters. The molecule has 0 unspecified atom stereocenters. The third kappa shape index (κ3) is 7.16. The summed E-state index contributed by atoms with van der Waals surface area (Å²) in [4.78, 5) is 21.8. The maximum absolute atomic E-state index is 13.1. The zero-order chi connectivity index (χ0) is 29.7. The van der Waals surface area contributed by atoms with Crippen LogP contribution < -0.4 is 14.9 Å². The van der Waals surface area contributed by atoms with Gasteiger partial charge in [0.25, 0.3) is 5.91 Å². The lowest BCUT2D eigenvalue weighted by Crippen LogP contribution is -2.31. The van der Waals surface area contributed by atoms with Crippen LogP contribution in [0.2, 0.25) is 0 Å². The smallest absolute Gasteiger partial charge is 0.254 e. The fourth-order valence-corrected chi connectivity index (χ4v) is 6.05. The van der Waals surface area contributed by atoms with Gasteiger partial charge in [0.1, 0.15) is 11.9 Å². The van der Waals surface area contributed by atoms with E-state index in [2.05, 4.69) is 31.8 Å². The second kappa shape index (κ2) is 12.3. The van der Waals surface area contributed by atoms with Gasteiger partial charge in [-0.05, 0) is 44.0 Å². The average Bonchev–Trinajstić information content (AvgIpc) is 3.34. The fraction of sp³-hybridized carbons (Fsp3) is 0.269. The van der Waals surface area contributed by atoms with Crippen LogP contribution in [-0.4, -0.2) is 67.2 Å². The molecule has 41 heavy (non-hydrogen) atoms. The highest BCUT2D eigenvalue weighted by atomic mass is 32.2. The van der Waals surface area contributed by atoms with Gasteiger partial charge in [-0.1, -0.05) is 12.1 Å². The van der Waals surface area contributed by atoms with Crippen molar-refractivity contribution in [2.24, 2.45) is 0 Å². The van der Waals surface area contributed by atoms with Crippen molar-refractivity contribution in [1.82, 2.24) is 25.1 Å². The Morgan fingerprint density at radius 1 is 1.12 bits per heavy atom. The van der Waals surface area contributed by atoms with Crippen molar-refractivity contribution in [1.29, 1.82) is 5.26 Å². The monoisotopic (exact) mass is 596 g/mol. The number of hydrogen-bond donors (Lipinski definition) is 3. The lowest BCUT2D eigenvalue weighted by Gasteiger charge is -2.19. The van der Waals surface area contributed by atoms with Crippen LogP contribution in [0.15, 0.2) is 55.0 Å². The van der Waals surface area contributed by atoms with Crippen LogP contribution in [0, 0.1) is 11.3 Å². The van der Waals surface area contributed by atoms with E-state index in [1.807, 2.05) is 13.8 Å². The molecule has 214 valence electrons. The first-order valence-electron chi connectivity index (χ1n) is 12.4. The van der Waals surface area contributed by atoms with Gasteiger partial charge < -0.3 is 10.6 Å². The third-order valence-corrected chi connectivity index (χ3v) is 7.75. The number of nitriles is 1. The van der Waals surface area contributed by atoms with E-state index in [1.165, 1.54) is 29.2 Å². The summed E-state index contributed by atoms with van der Waals surface area (Å²) in [6.07, 6.45) is 5.91. The van der Waals surface area contributed by atoms with Gasteiger partial charge >= 0.3 is 0 Å².